The largest absolute Gasteiger partial charge is 0.377 e. The Labute approximate surface area is 165 Å². The fourth-order valence-electron chi connectivity index (χ4n) is 2.60. The van der Waals surface area contributed by atoms with Crippen LogP contribution in [0.15, 0.2) is 42.5 Å². The molecule has 0 aromatic heterocycles. The fourth-order valence-corrected chi connectivity index (χ4v) is 3.10. The van der Waals surface area contributed by atoms with Crippen LogP contribution in [0.4, 0.5) is 18.9 Å². The highest BCUT2D eigenvalue weighted by atomic mass is 35.5. The average molecular weight is 420 g/mol. The summed E-state index contributed by atoms with van der Waals surface area (Å²) in [6.45, 7) is 1.93. The normalized spacial score (nSPS) is 13.7. The van der Waals surface area contributed by atoms with Crippen LogP contribution in [0.3, 0.4) is 0 Å². The maximum absolute atomic E-state index is 13.0. The molecule has 27 heavy (non-hydrogen) atoms. The molecule has 1 unspecified atom stereocenters. The number of benzene rings is 2. The molecule has 0 aliphatic rings. The van der Waals surface area contributed by atoms with Crippen molar-refractivity contribution in [2.45, 2.75) is 31.9 Å². The average Bonchev–Trinajstić information content (AvgIpc) is 2.62. The van der Waals surface area contributed by atoms with Crippen molar-refractivity contribution in [3.63, 3.8) is 0 Å². The first kappa shape index (κ1) is 21.5. The van der Waals surface area contributed by atoms with Crippen molar-refractivity contribution in [3.8, 4) is 0 Å². The van der Waals surface area contributed by atoms with Crippen LogP contribution in [0.1, 0.15) is 29.8 Å². The minimum Gasteiger partial charge on any atom is -0.377 e. The molecular formula is C19H18Cl2F3NO2. The number of alkyl halides is 3. The van der Waals surface area contributed by atoms with E-state index in [-0.39, 0.29) is 22.2 Å². The molecule has 0 aliphatic heterocycles. The van der Waals surface area contributed by atoms with E-state index in [1.165, 1.54) is 23.1 Å². The number of halogens is 5. The van der Waals surface area contributed by atoms with Gasteiger partial charge in [-0.2, -0.15) is 0 Å². The monoisotopic (exact) mass is 419 g/mol. The molecule has 0 saturated heterocycles. The number of hydrogen-bond donors (Lipinski definition) is 1. The molecule has 8 heteroatoms. The van der Waals surface area contributed by atoms with E-state index in [0.29, 0.717) is 10.7 Å². The molecule has 1 amide bonds. The summed E-state index contributed by atoms with van der Waals surface area (Å²) in [5.41, 5.74) is -2.59. The maximum Gasteiger partial charge on any atom is 0.273 e. The first-order valence-corrected chi connectivity index (χ1v) is 8.83. The summed E-state index contributed by atoms with van der Waals surface area (Å²) in [4.78, 5) is 14.4. The first-order chi connectivity index (χ1) is 12.6. The SMILES string of the molecule is CC(C)N(C(=O)c1ccc(C(O)(CF)C(F)F)cc1)c1ccc(Cl)cc1Cl. The Morgan fingerprint density at radius 2 is 1.74 bits per heavy atom. The second-order valence-corrected chi connectivity index (χ2v) is 7.14. The van der Waals surface area contributed by atoms with E-state index < -0.39 is 24.6 Å². The minimum atomic E-state index is -3.30. The number of amides is 1. The Hall–Kier alpha value is -1.76. The van der Waals surface area contributed by atoms with Crippen LogP contribution in [-0.2, 0) is 5.60 Å². The lowest BCUT2D eigenvalue weighted by atomic mass is 9.94. The van der Waals surface area contributed by atoms with Gasteiger partial charge in [-0.3, -0.25) is 4.79 Å². The van der Waals surface area contributed by atoms with Crippen LogP contribution in [0.25, 0.3) is 0 Å². The number of hydrogen-bond acceptors (Lipinski definition) is 2. The van der Waals surface area contributed by atoms with E-state index in [4.69, 9.17) is 23.2 Å². The Morgan fingerprint density at radius 3 is 2.19 bits per heavy atom. The molecule has 3 nitrogen and oxygen atoms in total. The van der Waals surface area contributed by atoms with Crippen molar-refractivity contribution in [2.75, 3.05) is 11.6 Å². The van der Waals surface area contributed by atoms with Gasteiger partial charge in [0.25, 0.3) is 12.3 Å². The summed E-state index contributed by atoms with van der Waals surface area (Å²) in [5.74, 6) is -0.429. The van der Waals surface area contributed by atoms with Crippen LogP contribution in [-0.4, -0.2) is 30.2 Å². The van der Waals surface area contributed by atoms with Gasteiger partial charge in [0.2, 0.25) is 0 Å². The predicted octanol–water partition coefficient (Wildman–Crippen LogP) is 5.47. The first-order valence-electron chi connectivity index (χ1n) is 8.07. The van der Waals surface area contributed by atoms with Gasteiger partial charge >= 0.3 is 0 Å². The summed E-state index contributed by atoms with van der Waals surface area (Å²) in [6.07, 6.45) is -3.30. The van der Waals surface area contributed by atoms with Gasteiger partial charge in [0.1, 0.15) is 6.67 Å². The third kappa shape index (κ3) is 4.39. The highest BCUT2D eigenvalue weighted by Crippen LogP contribution is 2.32. The van der Waals surface area contributed by atoms with Gasteiger partial charge in [-0.15, -0.1) is 0 Å². The summed E-state index contributed by atoms with van der Waals surface area (Å²) in [7, 11) is 0. The van der Waals surface area contributed by atoms with Crippen LogP contribution in [0.2, 0.25) is 10.0 Å². The van der Waals surface area contributed by atoms with Crippen molar-refractivity contribution < 1.29 is 23.1 Å². The molecule has 0 aliphatic carbocycles. The maximum atomic E-state index is 13.0. The lowest BCUT2D eigenvalue weighted by Crippen LogP contribution is -2.38. The van der Waals surface area contributed by atoms with E-state index in [2.05, 4.69) is 0 Å². The van der Waals surface area contributed by atoms with Gasteiger partial charge < -0.3 is 10.0 Å². The Balaban J connectivity index is 2.39. The standard InChI is InChI=1S/C19H18Cl2F3NO2/c1-11(2)25(16-8-7-14(20)9-15(16)21)17(26)12-3-5-13(6-4-12)19(27,10-22)18(23)24/h3-9,11,18,27H,10H2,1-2H3. The predicted molar refractivity (Wildman–Crippen MR) is 101 cm³/mol. The zero-order valence-corrected chi connectivity index (χ0v) is 16.1. The summed E-state index contributed by atoms with van der Waals surface area (Å²) in [6, 6.07) is 9.20. The summed E-state index contributed by atoms with van der Waals surface area (Å²) in [5, 5.41) is 10.5. The van der Waals surface area contributed by atoms with Gasteiger partial charge in [0, 0.05) is 16.6 Å². The quantitative estimate of drug-likeness (QED) is 0.673. The van der Waals surface area contributed by atoms with Gasteiger partial charge in [-0.1, -0.05) is 35.3 Å². The van der Waals surface area contributed by atoms with Crippen LogP contribution in [0, 0.1) is 0 Å². The van der Waals surface area contributed by atoms with Gasteiger partial charge in [-0.05, 0) is 49.7 Å². The molecule has 0 saturated carbocycles. The fraction of sp³-hybridized carbons (Fsp3) is 0.316. The molecule has 1 atom stereocenters. The molecule has 2 rings (SSSR count). The molecule has 146 valence electrons. The Morgan fingerprint density at radius 1 is 1.15 bits per heavy atom. The van der Waals surface area contributed by atoms with E-state index >= 15 is 0 Å². The number of aliphatic hydroxyl groups is 1. The summed E-state index contributed by atoms with van der Waals surface area (Å²) >= 11 is 12.1. The number of carbonyl (C=O) groups excluding carboxylic acids is 1. The van der Waals surface area contributed by atoms with Crippen LogP contribution >= 0.6 is 23.2 Å². The Kier molecular flexibility index (Phi) is 6.78. The molecule has 0 spiro atoms. The highest BCUT2D eigenvalue weighted by molar-refractivity contribution is 6.37. The summed E-state index contributed by atoms with van der Waals surface area (Å²) < 4.78 is 38.9. The molecular weight excluding hydrogens is 402 g/mol. The molecule has 0 bridgehead atoms. The lowest BCUT2D eigenvalue weighted by molar-refractivity contribution is -0.114. The van der Waals surface area contributed by atoms with E-state index in [9.17, 15) is 23.1 Å². The molecule has 1 N–H and O–H groups in total. The van der Waals surface area contributed by atoms with E-state index in [0.717, 1.165) is 12.1 Å². The van der Waals surface area contributed by atoms with Crippen molar-refractivity contribution in [1.82, 2.24) is 0 Å². The number of rotatable bonds is 6. The van der Waals surface area contributed by atoms with Gasteiger partial charge in [0.15, 0.2) is 5.60 Å². The highest BCUT2D eigenvalue weighted by Gasteiger charge is 2.40. The molecule has 0 heterocycles. The lowest BCUT2D eigenvalue weighted by Gasteiger charge is -2.28. The zero-order chi connectivity index (χ0) is 20.4. The smallest absolute Gasteiger partial charge is 0.273 e. The van der Waals surface area contributed by atoms with E-state index in [1.54, 1.807) is 26.0 Å². The van der Waals surface area contributed by atoms with Crippen LogP contribution < -0.4 is 4.90 Å². The third-order valence-electron chi connectivity index (χ3n) is 4.10. The zero-order valence-electron chi connectivity index (χ0n) is 14.6. The van der Waals surface area contributed by atoms with Crippen molar-refractivity contribution in [1.29, 1.82) is 0 Å². The van der Waals surface area contributed by atoms with Gasteiger partial charge in [-0.25, -0.2) is 13.2 Å². The molecule has 0 fully saturated rings. The topological polar surface area (TPSA) is 40.5 Å². The van der Waals surface area contributed by atoms with E-state index in [1.807, 2.05) is 0 Å². The number of nitrogens with zero attached hydrogens (tertiary/aromatic N) is 1. The van der Waals surface area contributed by atoms with Crippen molar-refractivity contribution >= 4 is 34.8 Å². The second-order valence-electron chi connectivity index (χ2n) is 6.30. The third-order valence-corrected chi connectivity index (χ3v) is 4.64. The molecule has 2 aromatic carbocycles. The Bertz CT molecular complexity index is 815. The van der Waals surface area contributed by atoms with Crippen molar-refractivity contribution in [3.05, 3.63) is 63.6 Å². The van der Waals surface area contributed by atoms with Gasteiger partial charge in [0.05, 0.1) is 10.7 Å². The number of carbonyl (C=O) groups is 1. The molecule has 2 aromatic rings. The van der Waals surface area contributed by atoms with Crippen molar-refractivity contribution in [2.24, 2.45) is 0 Å². The van der Waals surface area contributed by atoms with Crippen LogP contribution in [0.5, 0.6) is 0 Å². The number of anilines is 1. The molecule has 0 radical (unpaired) electrons. The minimum absolute atomic E-state index is 0.175. The second kappa shape index (κ2) is 8.50.